The van der Waals surface area contributed by atoms with Crippen molar-refractivity contribution in [2.45, 2.75) is 39.0 Å². The van der Waals surface area contributed by atoms with Crippen molar-refractivity contribution in [2.24, 2.45) is 0 Å². The Morgan fingerprint density at radius 3 is 2.24 bits per heavy atom. The monoisotopic (exact) mass is 259 g/mol. The van der Waals surface area contributed by atoms with Gasteiger partial charge in [-0.15, -0.1) is 12.4 Å². The van der Waals surface area contributed by atoms with Crippen LogP contribution in [0.4, 0.5) is 0 Å². The molecule has 0 aliphatic carbocycles. The van der Waals surface area contributed by atoms with Gasteiger partial charge in [0.05, 0.1) is 7.11 Å². The van der Waals surface area contributed by atoms with Gasteiger partial charge in [-0.3, -0.25) is 5.32 Å². The quantitative estimate of drug-likeness (QED) is 0.798. The number of hydrogen-bond acceptors (Lipinski definition) is 3. The van der Waals surface area contributed by atoms with E-state index in [2.05, 4.69) is 19.2 Å². The van der Waals surface area contributed by atoms with E-state index in [0.29, 0.717) is 0 Å². The Bertz CT molecular complexity index is 323. The Morgan fingerprint density at radius 1 is 1.29 bits per heavy atom. The van der Waals surface area contributed by atoms with E-state index in [0.717, 1.165) is 12.2 Å². The van der Waals surface area contributed by atoms with Crippen molar-refractivity contribution >= 4 is 12.4 Å². The van der Waals surface area contributed by atoms with Crippen molar-refractivity contribution in [3.05, 3.63) is 29.8 Å². The van der Waals surface area contributed by atoms with Crippen molar-refractivity contribution in [2.75, 3.05) is 7.11 Å². The number of methoxy groups -OCH3 is 1. The van der Waals surface area contributed by atoms with Gasteiger partial charge in [-0.2, -0.15) is 0 Å². The first-order chi connectivity index (χ1) is 7.43. The van der Waals surface area contributed by atoms with E-state index in [1.165, 1.54) is 5.56 Å². The summed E-state index contributed by atoms with van der Waals surface area (Å²) < 4.78 is 5.11. The molecule has 0 fully saturated rings. The zero-order valence-electron chi connectivity index (χ0n) is 10.9. The summed E-state index contributed by atoms with van der Waals surface area (Å²) in [6, 6.07) is 8.00. The predicted octanol–water partition coefficient (Wildman–Crippen LogP) is 2.37. The maximum Gasteiger partial charge on any atom is 0.118 e. The summed E-state index contributed by atoms with van der Waals surface area (Å²) in [5.74, 6) is 0.866. The van der Waals surface area contributed by atoms with Gasteiger partial charge in [-0.05, 0) is 44.9 Å². The summed E-state index contributed by atoms with van der Waals surface area (Å²) in [4.78, 5) is 0. The van der Waals surface area contributed by atoms with Gasteiger partial charge in [0, 0.05) is 5.54 Å². The highest BCUT2D eigenvalue weighted by atomic mass is 35.5. The average molecular weight is 260 g/mol. The van der Waals surface area contributed by atoms with E-state index < -0.39 is 6.23 Å². The molecule has 17 heavy (non-hydrogen) atoms. The maximum absolute atomic E-state index is 9.32. The first-order valence-corrected chi connectivity index (χ1v) is 5.52. The molecule has 0 spiro atoms. The molecule has 0 amide bonds. The normalized spacial score (nSPS) is 12.8. The lowest BCUT2D eigenvalue weighted by Crippen LogP contribution is -2.46. The standard InChI is InChI=1S/C13H21NO2.ClH/c1-10(15)14-13(2,3)9-11-5-7-12(16-4)8-6-11;/h5-8,10,14-15H,9H2,1-4H3;1H. The number of aliphatic hydroxyl groups excluding tert-OH is 1. The Kier molecular flexibility index (Phi) is 6.53. The van der Waals surface area contributed by atoms with Crippen molar-refractivity contribution in [3.63, 3.8) is 0 Å². The molecule has 2 N–H and O–H groups in total. The number of aliphatic hydroxyl groups is 1. The average Bonchev–Trinajstić information content (AvgIpc) is 2.16. The molecule has 4 heteroatoms. The molecule has 1 unspecified atom stereocenters. The summed E-state index contributed by atoms with van der Waals surface area (Å²) >= 11 is 0. The summed E-state index contributed by atoms with van der Waals surface area (Å²) in [5, 5.41) is 12.4. The number of ether oxygens (including phenoxy) is 1. The molecule has 1 aromatic rings. The summed E-state index contributed by atoms with van der Waals surface area (Å²) in [7, 11) is 1.66. The van der Waals surface area contributed by atoms with Gasteiger partial charge in [0.2, 0.25) is 0 Å². The summed E-state index contributed by atoms with van der Waals surface area (Å²) in [5.41, 5.74) is 1.10. The SMILES string of the molecule is COc1ccc(CC(C)(C)NC(C)O)cc1.Cl. The molecule has 1 rings (SSSR count). The summed E-state index contributed by atoms with van der Waals surface area (Å²) in [6.45, 7) is 5.88. The van der Waals surface area contributed by atoms with Crippen LogP contribution < -0.4 is 10.1 Å². The van der Waals surface area contributed by atoms with Crippen LogP contribution in [0, 0.1) is 0 Å². The second-order valence-electron chi connectivity index (χ2n) is 4.73. The van der Waals surface area contributed by atoms with E-state index in [9.17, 15) is 5.11 Å². The molecule has 0 aromatic heterocycles. The molecule has 0 radical (unpaired) electrons. The van der Waals surface area contributed by atoms with Crippen LogP contribution in [0.25, 0.3) is 0 Å². The van der Waals surface area contributed by atoms with Gasteiger partial charge in [0.25, 0.3) is 0 Å². The van der Waals surface area contributed by atoms with Crippen molar-refractivity contribution in [3.8, 4) is 5.75 Å². The van der Waals surface area contributed by atoms with Crippen LogP contribution in [0.5, 0.6) is 5.75 Å². The molecule has 1 aromatic carbocycles. The third kappa shape index (κ3) is 5.91. The van der Waals surface area contributed by atoms with Crippen molar-refractivity contribution in [1.82, 2.24) is 5.32 Å². The molecule has 0 saturated carbocycles. The van der Waals surface area contributed by atoms with Crippen molar-refractivity contribution in [1.29, 1.82) is 0 Å². The van der Waals surface area contributed by atoms with Gasteiger partial charge < -0.3 is 9.84 Å². The summed E-state index contributed by atoms with van der Waals surface area (Å²) in [6.07, 6.45) is 0.371. The molecule has 0 aliphatic rings. The highest BCUT2D eigenvalue weighted by Gasteiger charge is 2.19. The molecule has 98 valence electrons. The number of nitrogens with one attached hydrogen (secondary N) is 1. The van der Waals surface area contributed by atoms with E-state index in [1.54, 1.807) is 14.0 Å². The lowest BCUT2D eigenvalue weighted by atomic mass is 9.95. The van der Waals surface area contributed by atoms with Crippen LogP contribution in [0.3, 0.4) is 0 Å². The first-order valence-electron chi connectivity index (χ1n) is 5.52. The van der Waals surface area contributed by atoms with Crippen LogP contribution >= 0.6 is 12.4 Å². The van der Waals surface area contributed by atoms with Crippen LogP contribution in [0.2, 0.25) is 0 Å². The van der Waals surface area contributed by atoms with Crippen LogP contribution in [-0.2, 0) is 6.42 Å². The van der Waals surface area contributed by atoms with E-state index in [4.69, 9.17) is 4.74 Å². The highest BCUT2D eigenvalue weighted by Crippen LogP contribution is 2.16. The molecule has 3 nitrogen and oxygen atoms in total. The predicted molar refractivity (Wildman–Crippen MR) is 72.8 cm³/mol. The lowest BCUT2D eigenvalue weighted by Gasteiger charge is -2.28. The Morgan fingerprint density at radius 2 is 1.82 bits per heavy atom. The molecule has 0 bridgehead atoms. The van der Waals surface area contributed by atoms with Crippen molar-refractivity contribution < 1.29 is 9.84 Å². The fraction of sp³-hybridized carbons (Fsp3) is 0.538. The van der Waals surface area contributed by atoms with E-state index >= 15 is 0 Å². The second-order valence-corrected chi connectivity index (χ2v) is 4.73. The molecule has 0 saturated heterocycles. The lowest BCUT2D eigenvalue weighted by molar-refractivity contribution is 0.118. The fourth-order valence-corrected chi connectivity index (χ4v) is 1.87. The van der Waals surface area contributed by atoms with Crippen LogP contribution in [-0.4, -0.2) is 24.0 Å². The smallest absolute Gasteiger partial charge is 0.118 e. The molecular formula is C13H22ClNO2. The third-order valence-electron chi connectivity index (χ3n) is 2.40. The Labute approximate surface area is 110 Å². The largest absolute Gasteiger partial charge is 0.497 e. The van der Waals surface area contributed by atoms with Gasteiger partial charge in [0.1, 0.15) is 12.0 Å². The Hall–Kier alpha value is -0.770. The zero-order valence-corrected chi connectivity index (χ0v) is 11.7. The van der Waals surface area contributed by atoms with E-state index in [-0.39, 0.29) is 17.9 Å². The first kappa shape index (κ1) is 16.2. The van der Waals surface area contributed by atoms with E-state index in [1.807, 2.05) is 24.3 Å². The van der Waals surface area contributed by atoms with Gasteiger partial charge in [0.15, 0.2) is 0 Å². The van der Waals surface area contributed by atoms with Gasteiger partial charge in [-0.1, -0.05) is 12.1 Å². The Balaban J connectivity index is 0.00000256. The molecule has 0 heterocycles. The fourth-order valence-electron chi connectivity index (χ4n) is 1.87. The zero-order chi connectivity index (χ0) is 12.2. The maximum atomic E-state index is 9.32. The molecule has 0 aliphatic heterocycles. The number of halogens is 1. The minimum Gasteiger partial charge on any atom is -0.497 e. The number of benzene rings is 1. The highest BCUT2D eigenvalue weighted by molar-refractivity contribution is 5.85. The topological polar surface area (TPSA) is 41.5 Å². The third-order valence-corrected chi connectivity index (χ3v) is 2.40. The molecular weight excluding hydrogens is 238 g/mol. The minimum atomic E-state index is -0.492. The number of hydrogen-bond donors (Lipinski definition) is 2. The minimum absolute atomic E-state index is 0. The van der Waals surface area contributed by atoms with Gasteiger partial charge >= 0.3 is 0 Å². The molecule has 1 atom stereocenters. The van der Waals surface area contributed by atoms with Crippen LogP contribution in [0.1, 0.15) is 26.3 Å². The van der Waals surface area contributed by atoms with Crippen LogP contribution in [0.15, 0.2) is 24.3 Å². The van der Waals surface area contributed by atoms with Gasteiger partial charge in [-0.25, -0.2) is 0 Å². The number of rotatable bonds is 5. The second kappa shape index (κ2) is 6.84.